The van der Waals surface area contributed by atoms with Crippen molar-refractivity contribution in [3.63, 3.8) is 0 Å². The fourth-order valence-electron chi connectivity index (χ4n) is 8.17. The molecule has 26 heavy (non-hydrogen) atoms. The Balaban J connectivity index is 1.60. The molecule has 0 aliphatic heterocycles. The van der Waals surface area contributed by atoms with Crippen LogP contribution in [0.15, 0.2) is 0 Å². The van der Waals surface area contributed by atoms with Gasteiger partial charge in [0.05, 0.1) is 10.9 Å². The van der Waals surface area contributed by atoms with Crippen LogP contribution in [0.1, 0.15) is 85.0 Å². The van der Waals surface area contributed by atoms with Gasteiger partial charge in [-0.15, -0.1) is 0 Å². The molecule has 4 aliphatic carbocycles. The number of carbonyl (C=O) groups excluding carboxylic acids is 1. The number of alkyl halides is 1. The molecule has 0 aromatic rings. The van der Waals surface area contributed by atoms with Crippen LogP contribution in [0.4, 0.5) is 0 Å². The smallest absolute Gasteiger partial charge is 0.147 e. The number of fused-ring (bicyclic) bond motifs is 5. The zero-order valence-corrected chi connectivity index (χ0v) is 18.5. The van der Waals surface area contributed by atoms with Gasteiger partial charge in [-0.1, -0.05) is 29.8 Å². The summed E-state index contributed by atoms with van der Waals surface area (Å²) in [7, 11) is 0. The summed E-state index contributed by atoms with van der Waals surface area (Å²) in [4.78, 5) is 12.6. The summed E-state index contributed by atoms with van der Waals surface area (Å²) in [6, 6.07) is 0. The molecule has 2 nitrogen and oxygen atoms in total. The Morgan fingerprint density at radius 3 is 2.35 bits per heavy atom. The van der Waals surface area contributed by atoms with E-state index in [1.165, 1.54) is 44.9 Å². The highest BCUT2D eigenvalue weighted by molar-refractivity contribution is 9.09. The summed E-state index contributed by atoms with van der Waals surface area (Å²) < 4.78 is 0. The lowest BCUT2D eigenvalue weighted by atomic mass is 9.46. The van der Waals surface area contributed by atoms with Gasteiger partial charge in [0.2, 0.25) is 0 Å². The third-order valence-electron chi connectivity index (χ3n) is 9.82. The van der Waals surface area contributed by atoms with Crippen LogP contribution < -0.4 is 0 Å². The number of Topliss-reactive ketones (excluding diaryl/α,β-unsaturated/α-hetero) is 1. The average Bonchev–Trinajstić information content (AvgIpc) is 2.90. The van der Waals surface area contributed by atoms with Crippen LogP contribution in [0.5, 0.6) is 0 Å². The Labute approximate surface area is 168 Å². The second kappa shape index (κ2) is 6.58. The molecule has 0 amide bonds. The maximum atomic E-state index is 12.6. The van der Waals surface area contributed by atoms with Crippen molar-refractivity contribution in [3.8, 4) is 0 Å². The van der Waals surface area contributed by atoms with E-state index in [0.717, 1.165) is 42.9 Å². The van der Waals surface area contributed by atoms with Gasteiger partial charge < -0.3 is 5.11 Å². The molecule has 4 fully saturated rings. The van der Waals surface area contributed by atoms with Crippen molar-refractivity contribution < 1.29 is 9.90 Å². The molecule has 148 valence electrons. The number of halogens is 1. The molecule has 4 rings (SSSR count). The van der Waals surface area contributed by atoms with E-state index in [1.807, 2.05) is 0 Å². The second-order valence-electron chi connectivity index (χ2n) is 11.0. The highest BCUT2D eigenvalue weighted by Gasteiger charge is 2.60. The number of ketones is 1. The summed E-state index contributed by atoms with van der Waals surface area (Å²) in [5.41, 5.74) is 0.188. The minimum absolute atomic E-state index is 0.242. The first-order valence-electron chi connectivity index (χ1n) is 11.0. The number of carbonyl (C=O) groups is 1. The first-order chi connectivity index (χ1) is 12.2. The largest absolute Gasteiger partial charge is 0.390 e. The van der Waals surface area contributed by atoms with Gasteiger partial charge in [-0.2, -0.15) is 0 Å². The van der Waals surface area contributed by atoms with Crippen molar-refractivity contribution in [2.75, 3.05) is 5.33 Å². The van der Waals surface area contributed by atoms with Gasteiger partial charge in [0.15, 0.2) is 0 Å². The molecular formula is C23H37BrO2. The molecule has 0 bridgehead atoms. The van der Waals surface area contributed by atoms with Crippen LogP contribution in [0.3, 0.4) is 0 Å². The minimum atomic E-state index is -0.459. The van der Waals surface area contributed by atoms with Crippen molar-refractivity contribution in [1.82, 2.24) is 0 Å². The molecule has 1 N–H and O–H groups in total. The molecule has 0 unspecified atom stereocenters. The van der Waals surface area contributed by atoms with Gasteiger partial charge in [0.25, 0.3) is 0 Å². The highest BCUT2D eigenvalue weighted by atomic mass is 79.9. The molecule has 0 saturated heterocycles. The summed E-state index contributed by atoms with van der Waals surface area (Å²) in [5.74, 6) is 3.89. The van der Waals surface area contributed by atoms with E-state index in [2.05, 4.69) is 36.7 Å². The van der Waals surface area contributed by atoms with Crippen molar-refractivity contribution in [2.45, 2.75) is 90.6 Å². The fourth-order valence-corrected chi connectivity index (χ4v) is 8.56. The molecule has 8 atom stereocenters. The number of aliphatic hydroxyl groups is 1. The third kappa shape index (κ3) is 2.86. The van der Waals surface area contributed by atoms with Crippen molar-refractivity contribution in [1.29, 1.82) is 0 Å². The van der Waals surface area contributed by atoms with Crippen LogP contribution in [0.2, 0.25) is 0 Å². The predicted octanol–water partition coefficient (Wildman–Crippen LogP) is 5.75. The van der Waals surface area contributed by atoms with Gasteiger partial charge in [-0.25, -0.2) is 0 Å². The SMILES string of the molecule is C[C@]1(O)CC[C@@H]2CC[C@@H]3[C@H](CC[C@]4(C)[C@@H](C(=O)CBr)CC[C@@H]34)[C@@]2(C)CC1. The third-order valence-corrected chi connectivity index (χ3v) is 10.4. The van der Waals surface area contributed by atoms with E-state index in [1.54, 1.807) is 0 Å². The Morgan fingerprint density at radius 1 is 0.885 bits per heavy atom. The summed E-state index contributed by atoms with van der Waals surface area (Å²) in [6.45, 7) is 7.06. The van der Waals surface area contributed by atoms with E-state index >= 15 is 0 Å². The molecular weight excluding hydrogens is 388 g/mol. The quantitative estimate of drug-likeness (QED) is 0.572. The first kappa shape index (κ1) is 19.4. The number of rotatable bonds is 2. The van der Waals surface area contributed by atoms with E-state index in [-0.39, 0.29) is 11.3 Å². The molecule has 0 radical (unpaired) electrons. The standard InChI is InChI=1S/C23H37BrO2/c1-21(26)10-8-15-4-5-16-17-6-7-19(20(25)14-24)23(17,3)11-9-18(16)22(15,2)13-12-21/h15-19,26H,4-14H2,1-3H3/t15-,16-,17-,18-,19+,21-,22-,23-/m0/s1. The first-order valence-corrected chi connectivity index (χ1v) is 12.1. The lowest BCUT2D eigenvalue weighted by Gasteiger charge is -2.59. The van der Waals surface area contributed by atoms with Crippen molar-refractivity contribution in [3.05, 3.63) is 0 Å². The lowest BCUT2D eigenvalue weighted by molar-refractivity contribution is -0.130. The molecule has 4 saturated carbocycles. The maximum absolute atomic E-state index is 12.6. The Hall–Kier alpha value is 0.110. The fraction of sp³-hybridized carbons (Fsp3) is 0.957. The Kier molecular flexibility index (Phi) is 4.91. The minimum Gasteiger partial charge on any atom is -0.390 e. The summed E-state index contributed by atoms with van der Waals surface area (Å²) >= 11 is 3.43. The van der Waals surface area contributed by atoms with Crippen LogP contribution in [-0.4, -0.2) is 21.8 Å². The van der Waals surface area contributed by atoms with Crippen molar-refractivity contribution >= 4 is 21.7 Å². The van der Waals surface area contributed by atoms with Gasteiger partial charge in [-0.3, -0.25) is 4.79 Å². The van der Waals surface area contributed by atoms with E-state index in [9.17, 15) is 9.90 Å². The highest BCUT2D eigenvalue weighted by Crippen LogP contribution is 2.67. The summed E-state index contributed by atoms with van der Waals surface area (Å²) in [5, 5.41) is 11.2. The van der Waals surface area contributed by atoms with Crippen molar-refractivity contribution in [2.24, 2.45) is 40.4 Å². The molecule has 4 aliphatic rings. The van der Waals surface area contributed by atoms with Gasteiger partial charge in [0, 0.05) is 5.92 Å². The average molecular weight is 425 g/mol. The van der Waals surface area contributed by atoms with Crippen LogP contribution >= 0.6 is 15.9 Å². The van der Waals surface area contributed by atoms with Gasteiger partial charge >= 0.3 is 0 Å². The molecule has 3 heteroatoms. The molecule has 0 heterocycles. The van der Waals surface area contributed by atoms with Gasteiger partial charge in [-0.05, 0) is 106 Å². The Bertz CT molecular complexity index is 573. The molecule has 0 aromatic carbocycles. The number of hydrogen-bond donors (Lipinski definition) is 1. The summed E-state index contributed by atoms with van der Waals surface area (Å²) in [6.07, 6.45) is 12.0. The zero-order valence-electron chi connectivity index (χ0n) is 16.9. The lowest BCUT2D eigenvalue weighted by Crippen LogP contribution is -2.52. The Morgan fingerprint density at radius 2 is 1.62 bits per heavy atom. The maximum Gasteiger partial charge on any atom is 0.147 e. The van der Waals surface area contributed by atoms with E-state index < -0.39 is 5.60 Å². The predicted molar refractivity (Wildman–Crippen MR) is 109 cm³/mol. The van der Waals surface area contributed by atoms with Crippen LogP contribution in [0.25, 0.3) is 0 Å². The second-order valence-corrected chi connectivity index (χ2v) is 11.5. The molecule has 0 spiro atoms. The molecule has 0 aromatic heterocycles. The van der Waals surface area contributed by atoms with E-state index in [4.69, 9.17) is 0 Å². The normalized spacial score (nSPS) is 54.0. The topological polar surface area (TPSA) is 37.3 Å². The van der Waals surface area contributed by atoms with E-state index in [0.29, 0.717) is 16.5 Å². The monoisotopic (exact) mass is 424 g/mol. The number of hydrogen-bond acceptors (Lipinski definition) is 2. The zero-order chi connectivity index (χ0) is 18.7. The van der Waals surface area contributed by atoms with Gasteiger partial charge in [0.1, 0.15) is 5.78 Å². The van der Waals surface area contributed by atoms with Crippen LogP contribution in [0, 0.1) is 40.4 Å². The van der Waals surface area contributed by atoms with Crippen LogP contribution in [-0.2, 0) is 4.79 Å².